The fraction of sp³-hybridized carbons (Fsp3) is 0.208. The van der Waals surface area contributed by atoms with Crippen molar-refractivity contribution in [2.75, 3.05) is 0 Å². The Hall–Kier alpha value is -1.87. The third-order valence-electron chi connectivity index (χ3n) is 4.92. The Morgan fingerprint density at radius 1 is 0.654 bits per heavy atom. The molecule has 1 nitrogen and oxygen atoms in total. The Labute approximate surface area is 161 Å². The van der Waals surface area contributed by atoms with E-state index in [1.54, 1.807) is 0 Å². The second-order valence-electron chi connectivity index (χ2n) is 7.87. The van der Waals surface area contributed by atoms with E-state index < -0.39 is 18.4 Å². The molecule has 0 fully saturated rings. The van der Waals surface area contributed by atoms with E-state index in [4.69, 9.17) is 0 Å². The van der Waals surface area contributed by atoms with E-state index in [-0.39, 0.29) is 11.7 Å². The Bertz CT molecular complexity index is 836. The van der Waals surface area contributed by atoms with E-state index in [0.717, 1.165) is 11.1 Å². The van der Waals surface area contributed by atoms with Crippen LogP contribution in [0.1, 0.15) is 31.3 Å². The summed E-state index contributed by atoms with van der Waals surface area (Å²) in [6.45, 7) is 0. The number of hydrogen-bond acceptors (Lipinski definition) is 1. The molecular weight excluding hydrogens is 423 g/mol. The summed E-state index contributed by atoms with van der Waals surface area (Å²) in [5, 5.41) is 0. The van der Waals surface area contributed by atoms with Crippen LogP contribution in [0.25, 0.3) is 0 Å². The van der Waals surface area contributed by atoms with Gasteiger partial charge in [0, 0.05) is 0 Å². The molecule has 26 heavy (non-hydrogen) atoms. The van der Waals surface area contributed by atoms with Gasteiger partial charge in [-0.2, -0.15) is 0 Å². The molecule has 0 saturated heterocycles. The second kappa shape index (κ2) is 8.22. The molecule has 0 aliphatic heterocycles. The number of benzene rings is 3. The summed E-state index contributed by atoms with van der Waals surface area (Å²) in [7, 11) is 0. The van der Waals surface area contributed by atoms with E-state index in [0.29, 0.717) is 3.93 Å². The molecule has 0 spiro atoms. The second-order valence-corrected chi connectivity index (χ2v) is 23.2. The summed E-state index contributed by atoms with van der Waals surface area (Å²) < 4.78 is 0.292. The van der Waals surface area contributed by atoms with Crippen molar-refractivity contribution in [3.05, 3.63) is 108 Å². The first-order valence-electron chi connectivity index (χ1n) is 9.17. The maximum atomic E-state index is 13.6. The Balaban J connectivity index is 2.17. The maximum absolute atomic E-state index is 13.6. The molecule has 0 aliphatic rings. The molecule has 0 aromatic heterocycles. The molecule has 3 rings (SSSR count). The predicted molar refractivity (Wildman–Crippen MR) is 112 cm³/mol. The predicted octanol–water partition coefficient (Wildman–Crippen LogP) is 6.31. The van der Waals surface area contributed by atoms with Gasteiger partial charge >= 0.3 is 161 Å². The van der Waals surface area contributed by atoms with Gasteiger partial charge in [-0.05, 0) is 0 Å². The number of carbonyl (C=O) groups is 1. The number of carbonyl (C=O) groups excluding carboxylic acids is 1. The Morgan fingerprint density at radius 2 is 1.08 bits per heavy atom. The molecule has 2 heteroatoms. The molecule has 0 amide bonds. The first-order valence-corrected chi connectivity index (χ1v) is 19.4. The molecule has 0 radical (unpaired) electrons. The minimum atomic E-state index is -2.52. The molecule has 0 aliphatic carbocycles. The molecule has 2 atom stereocenters. The van der Waals surface area contributed by atoms with Gasteiger partial charge in [-0.15, -0.1) is 0 Å². The van der Waals surface area contributed by atoms with E-state index in [1.165, 1.54) is 5.56 Å². The average molecular weight is 449 g/mol. The van der Waals surface area contributed by atoms with Gasteiger partial charge in [0.05, 0.1) is 0 Å². The van der Waals surface area contributed by atoms with E-state index in [1.807, 2.05) is 48.5 Å². The third kappa shape index (κ3) is 4.26. The molecule has 0 heterocycles. The van der Waals surface area contributed by atoms with Gasteiger partial charge in [-0.1, -0.05) is 0 Å². The van der Waals surface area contributed by atoms with Gasteiger partial charge in [-0.25, -0.2) is 0 Å². The van der Waals surface area contributed by atoms with E-state index in [9.17, 15) is 4.79 Å². The Kier molecular flexibility index (Phi) is 5.97. The molecule has 0 N–H and O–H groups in total. The fourth-order valence-electron chi connectivity index (χ4n) is 3.79. The van der Waals surface area contributed by atoms with Crippen LogP contribution in [0.3, 0.4) is 0 Å². The Morgan fingerprint density at radius 3 is 1.54 bits per heavy atom. The molecule has 0 unspecified atom stereocenters. The zero-order chi connectivity index (χ0) is 18.6. The molecular formula is C24H26OSn. The molecule has 3 aromatic rings. The van der Waals surface area contributed by atoms with Crippen LogP contribution in [0.2, 0.25) is 14.8 Å². The summed E-state index contributed by atoms with van der Waals surface area (Å²) in [5.74, 6) is 0.106. The van der Waals surface area contributed by atoms with Gasteiger partial charge in [0.2, 0.25) is 0 Å². The zero-order valence-electron chi connectivity index (χ0n) is 15.7. The first kappa shape index (κ1) is 18.9. The van der Waals surface area contributed by atoms with Crippen molar-refractivity contribution in [3.8, 4) is 0 Å². The summed E-state index contributed by atoms with van der Waals surface area (Å²) in [5.41, 5.74) is 3.23. The quantitative estimate of drug-likeness (QED) is 0.318. The van der Waals surface area contributed by atoms with Crippen LogP contribution in [-0.2, 0) is 0 Å². The van der Waals surface area contributed by atoms with E-state index >= 15 is 0 Å². The number of Topliss-reactive ketones (excluding diaryl/α,β-unsaturated/α-hetero) is 1. The van der Waals surface area contributed by atoms with E-state index in [2.05, 4.69) is 57.3 Å². The van der Waals surface area contributed by atoms with Gasteiger partial charge in [-0.3, -0.25) is 0 Å². The van der Waals surface area contributed by atoms with Gasteiger partial charge in [0.1, 0.15) is 0 Å². The van der Waals surface area contributed by atoms with Crippen LogP contribution in [0.4, 0.5) is 0 Å². The van der Waals surface area contributed by atoms with Crippen molar-refractivity contribution in [3.63, 3.8) is 0 Å². The van der Waals surface area contributed by atoms with Crippen LogP contribution >= 0.6 is 0 Å². The van der Waals surface area contributed by atoms with Crippen molar-refractivity contribution in [1.82, 2.24) is 0 Å². The monoisotopic (exact) mass is 450 g/mol. The fourth-order valence-corrected chi connectivity index (χ4v) is 11.0. The van der Waals surface area contributed by atoms with Crippen LogP contribution in [-0.4, -0.2) is 24.2 Å². The van der Waals surface area contributed by atoms with Crippen molar-refractivity contribution < 1.29 is 4.79 Å². The topological polar surface area (TPSA) is 17.1 Å². The summed E-state index contributed by atoms with van der Waals surface area (Å²) in [4.78, 5) is 20.9. The standard InChI is InChI=1S/C21H17O.3CH3.Sn/c22-21(19-14-8-3-9-15-19)20(18-12-6-2-7-13-18)16-17-10-4-1-5-11-17;;;;/h1-16,20H;3*1H3;/t20-;;;;/m0..../s1. The van der Waals surface area contributed by atoms with Crippen molar-refractivity contribution in [2.45, 2.75) is 24.7 Å². The summed E-state index contributed by atoms with van der Waals surface area (Å²) in [6, 6.07) is 30.7. The summed E-state index contributed by atoms with van der Waals surface area (Å²) >= 11 is -2.52. The first-order chi connectivity index (χ1) is 12.5. The molecule has 132 valence electrons. The van der Waals surface area contributed by atoms with Gasteiger partial charge in [0.15, 0.2) is 0 Å². The number of hydrogen-bond donors (Lipinski definition) is 0. The van der Waals surface area contributed by atoms with Crippen molar-refractivity contribution in [1.29, 1.82) is 0 Å². The zero-order valence-corrected chi connectivity index (χ0v) is 18.6. The third-order valence-corrected chi connectivity index (χ3v) is 12.2. The van der Waals surface area contributed by atoms with Crippen LogP contribution in [0.15, 0.2) is 91.0 Å². The normalized spacial score (nSPS) is 13.8. The van der Waals surface area contributed by atoms with Crippen LogP contribution < -0.4 is 0 Å². The van der Waals surface area contributed by atoms with Gasteiger partial charge in [0.25, 0.3) is 0 Å². The summed E-state index contributed by atoms with van der Waals surface area (Å²) in [6.07, 6.45) is 0. The van der Waals surface area contributed by atoms with Gasteiger partial charge < -0.3 is 0 Å². The van der Waals surface area contributed by atoms with Crippen LogP contribution in [0.5, 0.6) is 0 Å². The average Bonchev–Trinajstić information content (AvgIpc) is 2.66. The molecule has 0 bridgehead atoms. The molecule has 3 aromatic carbocycles. The van der Waals surface area contributed by atoms with Crippen LogP contribution in [0, 0.1) is 0 Å². The number of ketones is 1. The van der Waals surface area contributed by atoms with Crippen molar-refractivity contribution in [2.24, 2.45) is 0 Å². The van der Waals surface area contributed by atoms with Crippen molar-refractivity contribution >= 4 is 24.2 Å². The molecule has 0 saturated carbocycles. The minimum absolute atomic E-state index is 0.128. The number of rotatable bonds is 6. The SMILES string of the molecule is [CH3][Sn]([CH3])([CH3])[C@@H](c1ccccc1)[C@H](C(=O)c1ccccc1)c1ccccc1.